The fraction of sp³-hybridized carbons (Fsp3) is 0.643. The molecule has 1 saturated carbocycles. The first-order valence-electron chi connectivity index (χ1n) is 7.36. The number of aliphatic carboxylic acids is 1. The Morgan fingerprint density at radius 3 is 2.90 bits per heavy atom. The van der Waals surface area contributed by atoms with Gasteiger partial charge < -0.3 is 15.7 Å². The lowest BCUT2D eigenvalue weighted by Gasteiger charge is -2.22. The van der Waals surface area contributed by atoms with Crippen molar-refractivity contribution in [3.05, 3.63) is 12.4 Å². The number of nitrogens with zero attached hydrogens (tertiary/aromatic N) is 2. The number of carbonyl (C=O) groups excluding carboxylic acids is 1. The summed E-state index contributed by atoms with van der Waals surface area (Å²) in [6.07, 6.45) is 8.69. The van der Waals surface area contributed by atoms with Crippen LogP contribution < -0.4 is 10.6 Å². The van der Waals surface area contributed by atoms with Gasteiger partial charge in [0, 0.05) is 12.2 Å². The molecule has 1 aliphatic carbocycles. The van der Waals surface area contributed by atoms with Crippen molar-refractivity contribution in [1.29, 1.82) is 0 Å². The highest BCUT2D eigenvalue weighted by molar-refractivity contribution is 5.89. The number of rotatable bonds is 4. The minimum atomic E-state index is -0.971. The van der Waals surface area contributed by atoms with Crippen LogP contribution in [0.1, 0.15) is 39.0 Å². The molecule has 7 nitrogen and oxygen atoms in total. The Hall–Kier alpha value is -2.05. The summed E-state index contributed by atoms with van der Waals surface area (Å²) in [6.45, 7) is 1.95. The number of urea groups is 1. The Morgan fingerprint density at radius 2 is 2.14 bits per heavy atom. The molecule has 0 bridgehead atoms. The van der Waals surface area contributed by atoms with Crippen molar-refractivity contribution >= 4 is 17.7 Å². The Balaban J connectivity index is 1.86. The predicted molar refractivity (Wildman–Crippen MR) is 78.1 cm³/mol. The quantitative estimate of drug-likeness (QED) is 0.740. The van der Waals surface area contributed by atoms with Crippen LogP contribution in [0.3, 0.4) is 0 Å². The lowest BCUT2D eigenvalue weighted by Crippen LogP contribution is -2.41. The largest absolute Gasteiger partial charge is 0.480 e. The lowest BCUT2D eigenvalue weighted by molar-refractivity contribution is -0.137. The molecule has 116 valence electrons. The zero-order valence-corrected chi connectivity index (χ0v) is 12.2. The molecule has 1 fully saturated rings. The predicted octanol–water partition coefficient (Wildman–Crippen LogP) is 2.06. The van der Waals surface area contributed by atoms with Crippen molar-refractivity contribution < 1.29 is 14.7 Å². The molecule has 21 heavy (non-hydrogen) atoms. The summed E-state index contributed by atoms with van der Waals surface area (Å²) >= 11 is 0. The number of carbonyl (C=O) groups is 2. The lowest BCUT2D eigenvalue weighted by atomic mass is 9.97. The van der Waals surface area contributed by atoms with Gasteiger partial charge in [-0.3, -0.25) is 9.48 Å². The highest BCUT2D eigenvalue weighted by atomic mass is 16.4. The highest BCUT2D eigenvalue weighted by Crippen LogP contribution is 2.23. The van der Waals surface area contributed by atoms with Crippen LogP contribution in [-0.4, -0.2) is 32.9 Å². The van der Waals surface area contributed by atoms with Gasteiger partial charge >= 0.3 is 12.0 Å². The van der Waals surface area contributed by atoms with Crippen LogP contribution in [0.25, 0.3) is 0 Å². The fourth-order valence-electron chi connectivity index (χ4n) is 2.70. The third-order valence-corrected chi connectivity index (χ3v) is 3.87. The van der Waals surface area contributed by atoms with Crippen LogP contribution in [-0.2, 0) is 11.3 Å². The topological polar surface area (TPSA) is 96.3 Å². The van der Waals surface area contributed by atoms with Crippen LogP contribution in [0.15, 0.2) is 12.4 Å². The number of aromatic nitrogens is 2. The molecular weight excluding hydrogens is 272 g/mol. The van der Waals surface area contributed by atoms with Gasteiger partial charge in [-0.25, -0.2) is 4.79 Å². The summed E-state index contributed by atoms with van der Waals surface area (Å²) in [7, 11) is 0. The van der Waals surface area contributed by atoms with E-state index in [1.165, 1.54) is 29.9 Å². The van der Waals surface area contributed by atoms with Gasteiger partial charge in [0.15, 0.2) is 0 Å². The number of carboxylic acid groups (broad SMARTS) is 1. The summed E-state index contributed by atoms with van der Waals surface area (Å²) in [5.41, 5.74) is 0.495. The maximum atomic E-state index is 12.0. The normalized spacial score (nSPS) is 22.3. The molecule has 0 radical (unpaired) electrons. The second-order valence-corrected chi connectivity index (χ2v) is 5.64. The van der Waals surface area contributed by atoms with Gasteiger partial charge in [0.05, 0.1) is 11.9 Å². The molecule has 1 aliphatic rings. The van der Waals surface area contributed by atoms with E-state index in [4.69, 9.17) is 5.11 Å². The van der Waals surface area contributed by atoms with Gasteiger partial charge in [-0.2, -0.15) is 5.10 Å². The first kappa shape index (κ1) is 15.3. The molecule has 0 aromatic carbocycles. The van der Waals surface area contributed by atoms with E-state index in [0.717, 1.165) is 19.3 Å². The van der Waals surface area contributed by atoms with E-state index in [1.54, 1.807) is 0 Å². The number of hydrogen-bond acceptors (Lipinski definition) is 3. The van der Waals surface area contributed by atoms with Crippen LogP contribution >= 0.6 is 0 Å². The van der Waals surface area contributed by atoms with Crippen molar-refractivity contribution in [1.82, 2.24) is 15.1 Å². The molecule has 3 N–H and O–H groups in total. The first-order chi connectivity index (χ1) is 10.0. The SMILES string of the molecule is CC1CCCCCC1NC(=O)Nc1cnn(CC(=O)O)c1. The van der Waals surface area contributed by atoms with Gasteiger partial charge in [-0.1, -0.05) is 26.2 Å². The summed E-state index contributed by atoms with van der Waals surface area (Å²) in [4.78, 5) is 22.6. The molecule has 0 aliphatic heterocycles. The third kappa shape index (κ3) is 4.77. The van der Waals surface area contributed by atoms with Gasteiger partial charge in [-0.15, -0.1) is 0 Å². The third-order valence-electron chi connectivity index (χ3n) is 3.87. The highest BCUT2D eigenvalue weighted by Gasteiger charge is 2.21. The molecule has 2 rings (SSSR count). The summed E-state index contributed by atoms with van der Waals surface area (Å²) < 4.78 is 1.27. The van der Waals surface area contributed by atoms with Gasteiger partial charge in [-0.05, 0) is 18.8 Å². The van der Waals surface area contributed by atoms with E-state index in [0.29, 0.717) is 11.6 Å². The standard InChI is InChI=1S/C14H22N4O3/c1-10-5-3-2-4-6-12(10)17-14(21)16-11-7-15-18(8-11)9-13(19)20/h7-8,10,12H,2-6,9H2,1H3,(H,19,20)(H2,16,17,21). The van der Waals surface area contributed by atoms with Crippen LogP contribution in [0, 0.1) is 5.92 Å². The van der Waals surface area contributed by atoms with E-state index in [-0.39, 0.29) is 18.6 Å². The minimum absolute atomic E-state index is 0.196. The zero-order valence-electron chi connectivity index (χ0n) is 12.2. The molecule has 1 aromatic heterocycles. The van der Waals surface area contributed by atoms with Crippen molar-refractivity contribution in [2.45, 2.75) is 51.6 Å². The zero-order chi connectivity index (χ0) is 15.2. The van der Waals surface area contributed by atoms with Crippen LogP contribution in [0.5, 0.6) is 0 Å². The maximum Gasteiger partial charge on any atom is 0.325 e. The van der Waals surface area contributed by atoms with E-state index in [9.17, 15) is 9.59 Å². The number of anilines is 1. The molecule has 1 aromatic rings. The van der Waals surface area contributed by atoms with Gasteiger partial charge in [0.2, 0.25) is 0 Å². The molecule has 2 amide bonds. The second kappa shape index (κ2) is 7.10. The van der Waals surface area contributed by atoms with E-state index in [2.05, 4.69) is 22.7 Å². The van der Waals surface area contributed by atoms with Crippen LogP contribution in [0.2, 0.25) is 0 Å². The number of nitrogens with one attached hydrogen (secondary N) is 2. The van der Waals surface area contributed by atoms with E-state index < -0.39 is 5.97 Å². The minimum Gasteiger partial charge on any atom is -0.480 e. The number of carboxylic acids is 1. The average molecular weight is 294 g/mol. The Bertz CT molecular complexity index is 500. The summed E-state index contributed by atoms with van der Waals surface area (Å²) in [5.74, 6) is -0.491. The smallest absolute Gasteiger partial charge is 0.325 e. The van der Waals surface area contributed by atoms with Crippen molar-refractivity contribution in [3.8, 4) is 0 Å². The Labute approximate surface area is 123 Å². The Kier molecular flexibility index (Phi) is 5.19. The molecular formula is C14H22N4O3. The molecule has 0 spiro atoms. The van der Waals surface area contributed by atoms with E-state index >= 15 is 0 Å². The second-order valence-electron chi connectivity index (χ2n) is 5.64. The molecule has 2 unspecified atom stereocenters. The average Bonchev–Trinajstić information content (AvgIpc) is 2.72. The maximum absolute atomic E-state index is 12.0. The molecule has 1 heterocycles. The molecule has 0 saturated heterocycles. The molecule has 7 heteroatoms. The van der Waals surface area contributed by atoms with Gasteiger partial charge in [0.1, 0.15) is 6.54 Å². The monoisotopic (exact) mass is 294 g/mol. The van der Waals surface area contributed by atoms with Crippen molar-refractivity contribution in [3.63, 3.8) is 0 Å². The fourth-order valence-corrected chi connectivity index (χ4v) is 2.70. The Morgan fingerprint density at radius 1 is 1.38 bits per heavy atom. The number of amides is 2. The first-order valence-corrected chi connectivity index (χ1v) is 7.36. The molecule has 2 atom stereocenters. The van der Waals surface area contributed by atoms with E-state index in [1.807, 2.05) is 0 Å². The summed E-state index contributed by atoms with van der Waals surface area (Å²) in [6, 6.07) is -0.0646. The van der Waals surface area contributed by atoms with Gasteiger partial charge in [0.25, 0.3) is 0 Å². The van der Waals surface area contributed by atoms with Crippen LogP contribution in [0.4, 0.5) is 10.5 Å². The number of hydrogen-bond donors (Lipinski definition) is 3. The van der Waals surface area contributed by atoms with Crippen molar-refractivity contribution in [2.75, 3.05) is 5.32 Å². The van der Waals surface area contributed by atoms with Crippen molar-refractivity contribution in [2.24, 2.45) is 5.92 Å². The summed E-state index contributed by atoms with van der Waals surface area (Å²) in [5, 5.41) is 18.3.